The lowest BCUT2D eigenvalue weighted by Gasteiger charge is -2.25. The summed E-state index contributed by atoms with van der Waals surface area (Å²) in [5, 5.41) is 3.58. The molecule has 1 N–H and O–H groups in total. The quantitative estimate of drug-likeness (QED) is 0.626. The van der Waals surface area contributed by atoms with Gasteiger partial charge in [0.2, 0.25) is 0 Å². The third-order valence-electron chi connectivity index (χ3n) is 7.34. The minimum atomic E-state index is -0.388. The van der Waals surface area contributed by atoms with Crippen molar-refractivity contribution >= 4 is 23.6 Å². The maximum atomic E-state index is 12.9. The van der Waals surface area contributed by atoms with Gasteiger partial charge in [0.25, 0.3) is 5.91 Å². The maximum absolute atomic E-state index is 12.9. The van der Waals surface area contributed by atoms with E-state index < -0.39 is 0 Å². The van der Waals surface area contributed by atoms with Crippen molar-refractivity contribution < 1.29 is 19.1 Å². The predicted octanol–water partition coefficient (Wildman–Crippen LogP) is 3.99. The van der Waals surface area contributed by atoms with Crippen molar-refractivity contribution in [2.75, 3.05) is 45.9 Å². The van der Waals surface area contributed by atoms with Crippen LogP contribution in [-0.4, -0.2) is 73.8 Å². The number of hydrogen-bond acceptors (Lipinski definition) is 5. The molecule has 7 nitrogen and oxygen atoms in total. The normalized spacial score (nSPS) is 24.8. The van der Waals surface area contributed by atoms with E-state index in [1.807, 2.05) is 47.4 Å². The molecule has 4 atom stereocenters. The van der Waals surface area contributed by atoms with Gasteiger partial charge < -0.3 is 24.6 Å². The minimum absolute atomic E-state index is 0.0241. The van der Waals surface area contributed by atoms with Crippen LogP contribution in [0.2, 0.25) is 5.02 Å². The van der Waals surface area contributed by atoms with Crippen LogP contribution in [-0.2, 0) is 9.47 Å². The predicted molar refractivity (Wildman–Crippen MR) is 133 cm³/mol. The number of nitrogens with one attached hydrogen (secondary N) is 1. The van der Waals surface area contributed by atoms with Crippen molar-refractivity contribution in [1.82, 2.24) is 15.1 Å². The number of rotatable bonds is 7. The van der Waals surface area contributed by atoms with E-state index in [0.29, 0.717) is 35.6 Å². The summed E-state index contributed by atoms with van der Waals surface area (Å²) in [6.07, 6.45) is 0.986. The van der Waals surface area contributed by atoms with Crippen LogP contribution in [0.4, 0.5) is 4.79 Å². The minimum Gasteiger partial charge on any atom is -0.444 e. The van der Waals surface area contributed by atoms with E-state index in [9.17, 15) is 9.59 Å². The summed E-state index contributed by atoms with van der Waals surface area (Å²) in [5.74, 6) is 0.963. The highest BCUT2D eigenvalue weighted by Crippen LogP contribution is 2.33. The molecule has 3 unspecified atom stereocenters. The van der Waals surface area contributed by atoms with Gasteiger partial charge in [-0.05, 0) is 36.0 Å². The van der Waals surface area contributed by atoms with E-state index in [0.717, 1.165) is 51.1 Å². The molecule has 0 spiro atoms. The number of fused-ring (bicyclic) bond motifs is 1. The van der Waals surface area contributed by atoms with Gasteiger partial charge in [0.1, 0.15) is 6.10 Å². The molecule has 2 aromatic rings. The Balaban J connectivity index is 1.14. The molecule has 186 valence electrons. The lowest BCUT2D eigenvalue weighted by molar-refractivity contribution is 0.0774. The van der Waals surface area contributed by atoms with Crippen molar-refractivity contribution in [2.45, 2.75) is 25.0 Å². The first-order valence-corrected chi connectivity index (χ1v) is 12.8. The average molecular weight is 498 g/mol. The summed E-state index contributed by atoms with van der Waals surface area (Å²) in [6.45, 7) is 5.43. The van der Waals surface area contributed by atoms with E-state index in [1.165, 1.54) is 0 Å². The largest absolute Gasteiger partial charge is 0.444 e. The number of ether oxygens (including phenoxy) is 2. The Labute approximate surface area is 211 Å². The van der Waals surface area contributed by atoms with Gasteiger partial charge in [-0.1, -0.05) is 54.1 Å². The fourth-order valence-corrected chi connectivity index (χ4v) is 5.71. The second-order valence-corrected chi connectivity index (χ2v) is 10.2. The number of likely N-dealkylation sites (tertiary alicyclic amines) is 2. The molecular weight excluding hydrogens is 466 g/mol. The van der Waals surface area contributed by atoms with Crippen LogP contribution in [0.1, 0.15) is 34.8 Å². The van der Waals surface area contributed by atoms with E-state index in [2.05, 4.69) is 10.2 Å². The number of carbonyl (C=O) groups excluding carboxylic acids is 2. The van der Waals surface area contributed by atoms with Gasteiger partial charge in [0.05, 0.1) is 29.8 Å². The molecule has 3 saturated heterocycles. The van der Waals surface area contributed by atoms with Crippen LogP contribution >= 0.6 is 11.6 Å². The number of carbonyl (C=O) groups is 2. The first kappa shape index (κ1) is 24.1. The van der Waals surface area contributed by atoms with Gasteiger partial charge in [-0.15, -0.1) is 0 Å². The first-order valence-electron chi connectivity index (χ1n) is 12.4. The number of amides is 2. The molecule has 3 fully saturated rings. The van der Waals surface area contributed by atoms with E-state index in [4.69, 9.17) is 21.1 Å². The summed E-state index contributed by atoms with van der Waals surface area (Å²) < 4.78 is 10.8. The van der Waals surface area contributed by atoms with Crippen LogP contribution < -0.4 is 5.32 Å². The molecule has 0 aromatic heterocycles. The van der Waals surface area contributed by atoms with Gasteiger partial charge in [-0.2, -0.15) is 0 Å². The molecule has 3 aliphatic heterocycles. The van der Waals surface area contributed by atoms with Crippen molar-refractivity contribution in [1.29, 1.82) is 0 Å². The first-order chi connectivity index (χ1) is 17.1. The Kier molecular flexibility index (Phi) is 7.56. The van der Waals surface area contributed by atoms with Crippen LogP contribution in [0.3, 0.4) is 0 Å². The molecule has 3 aliphatic rings. The summed E-state index contributed by atoms with van der Waals surface area (Å²) in [7, 11) is 0. The molecule has 0 saturated carbocycles. The van der Waals surface area contributed by atoms with Crippen LogP contribution in [0, 0.1) is 11.8 Å². The van der Waals surface area contributed by atoms with Crippen LogP contribution in [0.25, 0.3) is 0 Å². The highest BCUT2D eigenvalue weighted by Gasteiger charge is 2.41. The molecular formula is C27H32ClN3O4. The standard InChI is InChI=1S/C27H32ClN3O4/c28-24-9-5-4-8-23(24)26(32)31-16-20-14-30(15-21(20)17-31)12-10-25(19-6-2-1-3-7-19)29-27(33)35-22-11-13-34-18-22/h1-9,20-22,25H,10-18H2,(H,29,33)/t20-,21?,22?,25?/m0/s1. The van der Waals surface area contributed by atoms with E-state index in [-0.39, 0.29) is 24.1 Å². The van der Waals surface area contributed by atoms with Crippen molar-refractivity contribution in [3.8, 4) is 0 Å². The third-order valence-corrected chi connectivity index (χ3v) is 7.67. The summed E-state index contributed by atoms with van der Waals surface area (Å²) >= 11 is 6.25. The summed E-state index contributed by atoms with van der Waals surface area (Å²) in [4.78, 5) is 29.9. The fourth-order valence-electron chi connectivity index (χ4n) is 5.50. The fraction of sp³-hybridized carbons (Fsp3) is 0.481. The smallest absolute Gasteiger partial charge is 0.407 e. The van der Waals surface area contributed by atoms with Crippen molar-refractivity contribution in [2.24, 2.45) is 11.8 Å². The summed E-state index contributed by atoms with van der Waals surface area (Å²) in [5.41, 5.74) is 1.65. The number of benzene rings is 2. The number of nitrogens with zero attached hydrogens (tertiary/aromatic N) is 2. The SMILES string of the molecule is O=C(NC(CCN1CC2CN(C(=O)c3ccccc3Cl)C[C@@H]2C1)c1ccccc1)OC1CCOC1. The zero-order valence-corrected chi connectivity index (χ0v) is 20.5. The van der Waals surface area contributed by atoms with Gasteiger partial charge in [0, 0.05) is 39.1 Å². The van der Waals surface area contributed by atoms with E-state index >= 15 is 0 Å². The lowest BCUT2D eigenvalue weighted by Crippen LogP contribution is -2.36. The summed E-state index contributed by atoms with van der Waals surface area (Å²) in [6, 6.07) is 17.2. The maximum Gasteiger partial charge on any atom is 0.407 e. The Bertz CT molecular complexity index is 1020. The topological polar surface area (TPSA) is 71.1 Å². The van der Waals surface area contributed by atoms with Gasteiger partial charge >= 0.3 is 6.09 Å². The van der Waals surface area contributed by atoms with Crippen molar-refractivity contribution in [3.63, 3.8) is 0 Å². The monoisotopic (exact) mass is 497 g/mol. The average Bonchev–Trinajstić information content (AvgIpc) is 3.59. The molecule has 0 aliphatic carbocycles. The molecule has 3 heterocycles. The Hall–Kier alpha value is -2.61. The van der Waals surface area contributed by atoms with Crippen LogP contribution in [0.15, 0.2) is 54.6 Å². The number of hydrogen-bond donors (Lipinski definition) is 1. The second kappa shape index (κ2) is 11.0. The molecule has 5 rings (SSSR count). The molecule has 2 amide bonds. The van der Waals surface area contributed by atoms with E-state index in [1.54, 1.807) is 12.1 Å². The highest BCUT2D eigenvalue weighted by molar-refractivity contribution is 6.33. The molecule has 2 aromatic carbocycles. The Morgan fingerprint density at radius 1 is 1.03 bits per heavy atom. The second-order valence-electron chi connectivity index (χ2n) is 9.76. The Morgan fingerprint density at radius 3 is 2.43 bits per heavy atom. The molecule has 0 bridgehead atoms. The Morgan fingerprint density at radius 2 is 1.74 bits per heavy atom. The number of alkyl carbamates (subject to hydrolysis) is 1. The lowest BCUT2D eigenvalue weighted by atomic mass is 10.0. The van der Waals surface area contributed by atoms with Crippen molar-refractivity contribution in [3.05, 3.63) is 70.7 Å². The van der Waals surface area contributed by atoms with Gasteiger partial charge in [-0.25, -0.2) is 4.79 Å². The zero-order chi connectivity index (χ0) is 24.2. The zero-order valence-electron chi connectivity index (χ0n) is 19.8. The number of halogens is 1. The molecule has 8 heteroatoms. The highest BCUT2D eigenvalue weighted by atomic mass is 35.5. The molecule has 0 radical (unpaired) electrons. The van der Waals surface area contributed by atoms with Gasteiger partial charge in [0.15, 0.2) is 0 Å². The van der Waals surface area contributed by atoms with Crippen LogP contribution in [0.5, 0.6) is 0 Å². The van der Waals surface area contributed by atoms with Gasteiger partial charge in [-0.3, -0.25) is 4.79 Å². The molecule has 35 heavy (non-hydrogen) atoms. The third kappa shape index (κ3) is 5.80.